The van der Waals surface area contributed by atoms with Gasteiger partial charge in [-0.1, -0.05) is 44.5 Å². The Hall–Kier alpha value is -3.35. The highest BCUT2D eigenvalue weighted by Crippen LogP contribution is 2.31. The molecule has 7 heteroatoms. The minimum Gasteiger partial charge on any atom is -0.496 e. The van der Waals surface area contributed by atoms with Crippen LogP contribution in [0.15, 0.2) is 57.8 Å². The van der Waals surface area contributed by atoms with Gasteiger partial charge < -0.3 is 14.6 Å². The van der Waals surface area contributed by atoms with Crippen LogP contribution < -0.4 is 15.6 Å². The van der Waals surface area contributed by atoms with Crippen molar-refractivity contribution in [1.29, 1.82) is 0 Å². The van der Waals surface area contributed by atoms with E-state index in [1.54, 1.807) is 13.2 Å². The highest BCUT2D eigenvalue weighted by molar-refractivity contribution is 5.91. The minimum absolute atomic E-state index is 0.0345. The molecule has 0 radical (unpaired) electrons. The number of hydrogen-bond acceptors (Lipinski definition) is 4. The van der Waals surface area contributed by atoms with Gasteiger partial charge in [0.2, 0.25) is 5.76 Å². The second kappa shape index (κ2) is 10.1. The molecule has 0 unspecified atom stereocenters. The van der Waals surface area contributed by atoms with Gasteiger partial charge in [-0.3, -0.25) is 9.59 Å². The molecule has 0 fully saturated rings. The van der Waals surface area contributed by atoms with Crippen molar-refractivity contribution in [2.45, 2.75) is 39.2 Å². The first-order valence-corrected chi connectivity index (χ1v) is 10.3. The Kier molecular flexibility index (Phi) is 7.28. The summed E-state index contributed by atoms with van der Waals surface area (Å²) in [5, 5.41) is 5.10. The summed E-state index contributed by atoms with van der Waals surface area (Å²) in [7, 11) is 1.56. The van der Waals surface area contributed by atoms with Crippen molar-refractivity contribution in [3.63, 3.8) is 0 Å². The van der Waals surface area contributed by atoms with E-state index in [0.29, 0.717) is 23.7 Å². The van der Waals surface area contributed by atoms with Crippen molar-refractivity contribution in [3.8, 4) is 16.9 Å². The van der Waals surface area contributed by atoms with Gasteiger partial charge in [-0.15, -0.1) is 0 Å². The molecule has 31 heavy (non-hydrogen) atoms. The van der Waals surface area contributed by atoms with Crippen LogP contribution in [-0.2, 0) is 6.42 Å². The topological polar surface area (TPSA) is 84.3 Å². The Morgan fingerprint density at radius 1 is 1.19 bits per heavy atom. The molecule has 3 rings (SSSR count). The van der Waals surface area contributed by atoms with E-state index in [2.05, 4.69) is 24.3 Å². The molecule has 0 spiro atoms. The lowest BCUT2D eigenvalue weighted by atomic mass is 9.93. The molecule has 3 aromatic rings. The van der Waals surface area contributed by atoms with Gasteiger partial charge in [0.15, 0.2) is 0 Å². The van der Waals surface area contributed by atoms with Gasteiger partial charge >= 0.3 is 0 Å². The number of amides is 1. The number of carbonyl (C=O) groups excluding carboxylic acids is 1. The molecule has 2 atom stereocenters. The summed E-state index contributed by atoms with van der Waals surface area (Å²) in [6.07, 6.45) is 2.39. The SMILES string of the molecule is CC[C@@H](C)C[C@@H](Cc1ccc(-c2cc(F)ccc2OC)cc1)NC(=O)c1cc(=O)[nH]o1. The number of rotatable bonds is 9. The van der Waals surface area contributed by atoms with E-state index in [1.807, 2.05) is 24.3 Å². The fraction of sp³-hybridized carbons (Fsp3) is 0.333. The number of benzene rings is 2. The Morgan fingerprint density at radius 3 is 2.55 bits per heavy atom. The fourth-order valence-corrected chi connectivity index (χ4v) is 3.51. The van der Waals surface area contributed by atoms with Crippen molar-refractivity contribution in [1.82, 2.24) is 10.5 Å². The van der Waals surface area contributed by atoms with Crippen molar-refractivity contribution >= 4 is 5.91 Å². The lowest BCUT2D eigenvalue weighted by Crippen LogP contribution is -2.37. The summed E-state index contributed by atoms with van der Waals surface area (Å²) in [6.45, 7) is 4.24. The maximum absolute atomic E-state index is 13.7. The van der Waals surface area contributed by atoms with Crippen molar-refractivity contribution < 1.29 is 18.4 Å². The van der Waals surface area contributed by atoms with Crippen LogP contribution in [0.1, 0.15) is 42.8 Å². The zero-order valence-electron chi connectivity index (χ0n) is 17.9. The Bertz CT molecular complexity index is 1070. The predicted molar refractivity (Wildman–Crippen MR) is 117 cm³/mol. The molecular formula is C24H27FN2O4. The molecule has 0 saturated carbocycles. The number of aromatic nitrogens is 1. The van der Waals surface area contributed by atoms with Crippen molar-refractivity contribution in [3.05, 3.63) is 76.0 Å². The lowest BCUT2D eigenvalue weighted by molar-refractivity contribution is 0.0894. The standard InChI is InChI=1S/C24H27FN2O4/c1-4-15(2)11-19(26-24(29)22-14-23(28)27-31-22)12-16-5-7-17(8-6-16)20-13-18(25)9-10-21(20)30-3/h5-10,13-15,19H,4,11-12H2,1-3H3,(H,26,29)(H,27,28)/t15-,19+/m1/s1. The molecule has 0 aliphatic carbocycles. The Morgan fingerprint density at radius 2 is 1.94 bits per heavy atom. The van der Waals surface area contributed by atoms with Crippen LogP contribution in [0.25, 0.3) is 11.1 Å². The van der Waals surface area contributed by atoms with Gasteiger partial charge in [0.25, 0.3) is 11.5 Å². The quantitative estimate of drug-likeness (QED) is 0.525. The number of ether oxygens (including phenoxy) is 1. The molecule has 1 heterocycles. The van der Waals surface area contributed by atoms with E-state index in [0.717, 1.165) is 30.0 Å². The number of H-pyrrole nitrogens is 1. The summed E-state index contributed by atoms with van der Waals surface area (Å²) in [5.74, 6) is 0.233. The number of nitrogens with one attached hydrogen (secondary N) is 2. The summed E-state index contributed by atoms with van der Waals surface area (Å²) in [4.78, 5) is 23.7. The molecule has 1 aromatic heterocycles. The van der Waals surface area contributed by atoms with Crippen LogP contribution in [0.2, 0.25) is 0 Å². The van der Waals surface area contributed by atoms with E-state index < -0.39 is 11.5 Å². The van der Waals surface area contributed by atoms with Gasteiger partial charge in [-0.05, 0) is 48.1 Å². The monoisotopic (exact) mass is 426 g/mol. The van der Waals surface area contributed by atoms with Crippen LogP contribution in [-0.4, -0.2) is 24.2 Å². The molecular weight excluding hydrogens is 399 g/mol. The molecule has 0 aliphatic heterocycles. The van der Waals surface area contributed by atoms with Crippen LogP contribution in [0.4, 0.5) is 4.39 Å². The largest absolute Gasteiger partial charge is 0.496 e. The van der Waals surface area contributed by atoms with E-state index in [4.69, 9.17) is 9.26 Å². The van der Waals surface area contributed by atoms with Crippen molar-refractivity contribution in [2.75, 3.05) is 7.11 Å². The van der Waals surface area contributed by atoms with Gasteiger partial charge in [0.1, 0.15) is 11.6 Å². The summed E-state index contributed by atoms with van der Waals surface area (Å²) < 4.78 is 24.0. The summed E-state index contributed by atoms with van der Waals surface area (Å²) >= 11 is 0. The summed E-state index contributed by atoms with van der Waals surface area (Å²) in [6, 6.07) is 13.2. The number of carbonyl (C=O) groups is 1. The third-order valence-electron chi connectivity index (χ3n) is 5.38. The first-order chi connectivity index (χ1) is 14.9. The number of hydrogen-bond donors (Lipinski definition) is 2. The number of halogens is 1. The van der Waals surface area contributed by atoms with Gasteiger partial charge in [0, 0.05) is 11.6 Å². The van der Waals surface area contributed by atoms with Gasteiger partial charge in [-0.2, -0.15) is 5.16 Å². The smallest absolute Gasteiger partial charge is 0.290 e. The molecule has 1 amide bonds. The molecule has 164 valence electrons. The molecule has 2 aromatic carbocycles. The number of aromatic amines is 1. The normalized spacial score (nSPS) is 12.9. The maximum Gasteiger partial charge on any atom is 0.290 e. The average molecular weight is 426 g/mol. The van der Waals surface area contributed by atoms with E-state index >= 15 is 0 Å². The first-order valence-electron chi connectivity index (χ1n) is 10.3. The van der Waals surface area contributed by atoms with Crippen molar-refractivity contribution in [2.24, 2.45) is 5.92 Å². The lowest BCUT2D eigenvalue weighted by Gasteiger charge is -2.21. The zero-order chi connectivity index (χ0) is 22.4. The maximum atomic E-state index is 13.7. The second-order valence-electron chi connectivity index (χ2n) is 7.74. The molecule has 0 aliphatic rings. The molecule has 0 saturated heterocycles. The molecule has 6 nitrogen and oxygen atoms in total. The van der Waals surface area contributed by atoms with E-state index in [9.17, 15) is 14.0 Å². The van der Waals surface area contributed by atoms with E-state index in [1.165, 1.54) is 12.1 Å². The summed E-state index contributed by atoms with van der Waals surface area (Å²) in [5.41, 5.74) is 2.10. The molecule has 0 bridgehead atoms. The van der Waals surface area contributed by atoms with E-state index in [-0.39, 0.29) is 17.6 Å². The van der Waals surface area contributed by atoms with Gasteiger partial charge in [0.05, 0.1) is 13.2 Å². The Labute approximate surface area is 180 Å². The first kappa shape index (κ1) is 22.3. The van der Waals surface area contributed by atoms with Gasteiger partial charge in [-0.25, -0.2) is 4.39 Å². The fourth-order valence-electron chi connectivity index (χ4n) is 3.51. The van der Waals surface area contributed by atoms with Crippen LogP contribution in [0, 0.1) is 11.7 Å². The third kappa shape index (κ3) is 5.84. The average Bonchev–Trinajstić information content (AvgIpc) is 3.20. The molecule has 2 N–H and O–H groups in total. The van der Waals surface area contributed by atoms with Crippen LogP contribution in [0.5, 0.6) is 5.75 Å². The Balaban J connectivity index is 1.77. The highest BCUT2D eigenvalue weighted by Gasteiger charge is 2.19. The van der Waals surface area contributed by atoms with Crippen LogP contribution in [0.3, 0.4) is 0 Å². The second-order valence-corrected chi connectivity index (χ2v) is 7.74. The minimum atomic E-state index is -0.452. The number of methoxy groups -OCH3 is 1. The van der Waals surface area contributed by atoms with Crippen LogP contribution >= 0.6 is 0 Å². The highest BCUT2D eigenvalue weighted by atomic mass is 19.1. The third-order valence-corrected chi connectivity index (χ3v) is 5.38. The predicted octanol–water partition coefficient (Wildman–Crippen LogP) is 4.56. The zero-order valence-corrected chi connectivity index (χ0v) is 17.9.